The highest BCUT2D eigenvalue weighted by Crippen LogP contribution is 2.19. The molecule has 0 saturated carbocycles. The summed E-state index contributed by atoms with van der Waals surface area (Å²) in [6.07, 6.45) is 0.153. The number of nitrogens with one attached hydrogen (secondary N) is 2. The molecular formula is C24H23N3O5S. The highest BCUT2D eigenvalue weighted by atomic mass is 32.2. The minimum atomic E-state index is -4.10. The molecule has 9 heteroatoms. The van der Waals surface area contributed by atoms with Crippen LogP contribution in [-0.4, -0.2) is 24.9 Å². The lowest BCUT2D eigenvalue weighted by atomic mass is 10.1. The smallest absolute Gasteiger partial charge is 0.408 e. The molecule has 0 aliphatic rings. The molecule has 0 bridgehead atoms. The summed E-state index contributed by atoms with van der Waals surface area (Å²) in [5.74, 6) is -1.08. The zero-order valence-corrected chi connectivity index (χ0v) is 18.9. The first kappa shape index (κ1) is 22.5. The van der Waals surface area contributed by atoms with Gasteiger partial charge in [0.1, 0.15) is 6.04 Å². The van der Waals surface area contributed by atoms with Gasteiger partial charge in [0.05, 0.1) is 10.4 Å². The molecule has 0 spiro atoms. The number of aryl methyl sites for hydroxylation is 2. The van der Waals surface area contributed by atoms with Gasteiger partial charge in [-0.3, -0.25) is 9.36 Å². The highest BCUT2D eigenvalue weighted by molar-refractivity contribution is 7.89. The molecule has 2 N–H and O–H groups in total. The zero-order valence-electron chi connectivity index (χ0n) is 18.1. The fourth-order valence-corrected chi connectivity index (χ4v) is 4.74. The van der Waals surface area contributed by atoms with Crippen molar-refractivity contribution in [1.29, 1.82) is 0 Å². The van der Waals surface area contributed by atoms with Crippen molar-refractivity contribution in [3.63, 3.8) is 0 Å². The van der Waals surface area contributed by atoms with Crippen molar-refractivity contribution in [3.05, 3.63) is 94.5 Å². The minimum Gasteiger partial charge on any atom is -0.408 e. The normalized spacial score (nSPS) is 12.5. The molecule has 0 radical (unpaired) electrons. The van der Waals surface area contributed by atoms with Crippen LogP contribution in [0.5, 0.6) is 0 Å². The molecule has 8 nitrogen and oxygen atoms in total. The second-order valence-electron chi connectivity index (χ2n) is 7.78. The average Bonchev–Trinajstić information content (AvgIpc) is 3.07. The molecule has 0 unspecified atom stereocenters. The van der Waals surface area contributed by atoms with Crippen LogP contribution >= 0.6 is 0 Å². The van der Waals surface area contributed by atoms with Gasteiger partial charge in [-0.1, -0.05) is 42.5 Å². The lowest BCUT2D eigenvalue weighted by Gasteiger charge is -2.19. The summed E-state index contributed by atoms with van der Waals surface area (Å²) in [5.41, 5.74) is 2.95. The van der Waals surface area contributed by atoms with E-state index in [1.54, 1.807) is 12.1 Å². The molecule has 33 heavy (non-hydrogen) atoms. The molecule has 1 heterocycles. The maximum Gasteiger partial charge on any atom is 0.419 e. The molecule has 4 rings (SSSR count). The minimum absolute atomic E-state index is 0.106. The molecule has 0 fully saturated rings. The van der Waals surface area contributed by atoms with Gasteiger partial charge in [-0.05, 0) is 48.7 Å². The fraction of sp³-hybridized carbons (Fsp3) is 0.167. The molecule has 0 saturated heterocycles. The predicted molar refractivity (Wildman–Crippen MR) is 126 cm³/mol. The van der Waals surface area contributed by atoms with Crippen LogP contribution in [0.2, 0.25) is 0 Å². The maximum absolute atomic E-state index is 13.2. The molecule has 170 valence electrons. The van der Waals surface area contributed by atoms with Crippen LogP contribution in [0.1, 0.15) is 11.1 Å². The first-order chi connectivity index (χ1) is 15.7. The van der Waals surface area contributed by atoms with Crippen LogP contribution in [-0.2, 0) is 28.3 Å². The van der Waals surface area contributed by atoms with Gasteiger partial charge in [-0.2, -0.15) is 4.72 Å². The Bertz CT molecular complexity index is 1470. The number of sulfonamides is 1. The number of carbonyl (C=O) groups excluding carboxylic acids is 1. The summed E-state index contributed by atoms with van der Waals surface area (Å²) in [6, 6.07) is 19.5. The molecule has 1 aromatic heterocycles. The molecule has 1 atom stereocenters. The Kier molecular flexibility index (Phi) is 6.17. The van der Waals surface area contributed by atoms with E-state index in [-0.39, 0.29) is 16.9 Å². The van der Waals surface area contributed by atoms with Crippen molar-refractivity contribution >= 4 is 32.7 Å². The lowest BCUT2D eigenvalue weighted by Crippen LogP contribution is -2.45. The Balaban J connectivity index is 1.64. The number of amides is 1. The SMILES string of the molecule is Cc1cccc(NC(=O)[C@H](Cc2ccccc2)NS(=O)(=O)c2ccc3c(c2)oc(=O)n3C)c1. The van der Waals surface area contributed by atoms with Gasteiger partial charge in [0.2, 0.25) is 15.9 Å². The average molecular weight is 466 g/mol. The van der Waals surface area contributed by atoms with Gasteiger partial charge in [-0.25, -0.2) is 13.2 Å². The molecule has 0 aliphatic heterocycles. The maximum atomic E-state index is 13.2. The van der Waals surface area contributed by atoms with Gasteiger partial charge in [-0.15, -0.1) is 0 Å². The summed E-state index contributed by atoms with van der Waals surface area (Å²) in [4.78, 5) is 24.7. The number of rotatable bonds is 7. The quantitative estimate of drug-likeness (QED) is 0.436. The molecule has 3 aromatic carbocycles. The van der Waals surface area contributed by atoms with E-state index in [1.807, 2.05) is 49.4 Å². The van der Waals surface area contributed by atoms with Crippen LogP contribution in [0.4, 0.5) is 5.69 Å². The Labute approximate surface area is 190 Å². The van der Waals surface area contributed by atoms with Gasteiger partial charge >= 0.3 is 5.76 Å². The number of anilines is 1. The van der Waals surface area contributed by atoms with Crippen LogP contribution in [0.25, 0.3) is 11.1 Å². The summed E-state index contributed by atoms with van der Waals surface area (Å²) in [6.45, 7) is 1.90. The third-order valence-corrected chi connectivity index (χ3v) is 6.73. The molecule has 0 aliphatic carbocycles. The van der Waals surface area contributed by atoms with Crippen molar-refractivity contribution in [2.75, 3.05) is 5.32 Å². The van der Waals surface area contributed by atoms with Crippen LogP contribution in [0, 0.1) is 6.92 Å². The second-order valence-corrected chi connectivity index (χ2v) is 9.49. The van der Waals surface area contributed by atoms with E-state index >= 15 is 0 Å². The first-order valence-corrected chi connectivity index (χ1v) is 11.7. The lowest BCUT2D eigenvalue weighted by molar-refractivity contribution is -0.117. The van der Waals surface area contributed by atoms with E-state index in [4.69, 9.17) is 4.42 Å². The number of hydrogen-bond donors (Lipinski definition) is 2. The topological polar surface area (TPSA) is 110 Å². The molecular weight excluding hydrogens is 442 g/mol. The van der Waals surface area contributed by atoms with Crippen molar-refractivity contribution < 1.29 is 17.6 Å². The standard InChI is InChI=1S/C24H23N3O5S/c1-16-7-6-10-18(13-16)25-23(28)20(14-17-8-4-3-5-9-17)26-33(30,31)19-11-12-21-22(15-19)32-24(29)27(21)2/h3-13,15,20,26H,14H2,1-2H3,(H,25,28)/t20-/m0/s1. The van der Waals surface area contributed by atoms with Crippen LogP contribution in [0.3, 0.4) is 0 Å². The van der Waals surface area contributed by atoms with Crippen molar-refractivity contribution in [2.45, 2.75) is 24.3 Å². The third-order valence-electron chi connectivity index (χ3n) is 5.26. The van der Waals surface area contributed by atoms with Gasteiger partial charge in [0.15, 0.2) is 5.58 Å². The van der Waals surface area contributed by atoms with Gasteiger partial charge in [0.25, 0.3) is 0 Å². The number of carbonyl (C=O) groups is 1. The number of nitrogens with zero attached hydrogens (tertiary/aromatic N) is 1. The van der Waals surface area contributed by atoms with Crippen LogP contribution < -0.4 is 15.8 Å². The first-order valence-electron chi connectivity index (χ1n) is 10.3. The molecule has 4 aromatic rings. The Hall–Kier alpha value is -3.69. The second kappa shape index (κ2) is 9.05. The van der Waals surface area contributed by atoms with Crippen LogP contribution in [0.15, 0.2) is 86.9 Å². The zero-order chi connectivity index (χ0) is 23.6. The summed E-state index contributed by atoms with van der Waals surface area (Å²) in [7, 11) is -2.57. The summed E-state index contributed by atoms with van der Waals surface area (Å²) < 4.78 is 35.2. The number of fused-ring (bicyclic) bond motifs is 1. The molecule has 1 amide bonds. The van der Waals surface area contributed by atoms with Crippen molar-refractivity contribution in [3.8, 4) is 0 Å². The van der Waals surface area contributed by atoms with E-state index in [2.05, 4.69) is 10.0 Å². The monoisotopic (exact) mass is 465 g/mol. The summed E-state index contributed by atoms with van der Waals surface area (Å²) >= 11 is 0. The Morgan fingerprint density at radius 2 is 1.79 bits per heavy atom. The van der Waals surface area contributed by atoms with E-state index in [0.29, 0.717) is 11.2 Å². The van der Waals surface area contributed by atoms with E-state index in [1.165, 1.54) is 29.8 Å². The fourth-order valence-electron chi connectivity index (χ4n) is 3.53. The number of hydrogen-bond acceptors (Lipinski definition) is 5. The predicted octanol–water partition coefficient (Wildman–Crippen LogP) is 2.97. The Morgan fingerprint density at radius 1 is 1.03 bits per heavy atom. The highest BCUT2D eigenvalue weighted by Gasteiger charge is 2.27. The third kappa shape index (κ3) is 5.05. The van der Waals surface area contributed by atoms with Crippen molar-refractivity contribution in [2.24, 2.45) is 7.05 Å². The van der Waals surface area contributed by atoms with E-state index < -0.39 is 27.7 Å². The Morgan fingerprint density at radius 3 is 2.52 bits per heavy atom. The van der Waals surface area contributed by atoms with Gasteiger partial charge in [0, 0.05) is 18.8 Å². The van der Waals surface area contributed by atoms with E-state index in [9.17, 15) is 18.0 Å². The number of oxazole rings is 1. The van der Waals surface area contributed by atoms with E-state index in [0.717, 1.165) is 11.1 Å². The summed E-state index contributed by atoms with van der Waals surface area (Å²) in [5, 5.41) is 2.79. The van der Waals surface area contributed by atoms with Crippen molar-refractivity contribution in [1.82, 2.24) is 9.29 Å². The number of aromatic nitrogens is 1. The number of benzene rings is 3. The van der Waals surface area contributed by atoms with Gasteiger partial charge < -0.3 is 9.73 Å². The largest absolute Gasteiger partial charge is 0.419 e.